The fourth-order valence-corrected chi connectivity index (χ4v) is 2.14. The summed E-state index contributed by atoms with van der Waals surface area (Å²) in [5.41, 5.74) is 0.502. The third-order valence-electron chi connectivity index (χ3n) is 3.40. The topological polar surface area (TPSA) is 55.8 Å². The van der Waals surface area contributed by atoms with Crippen molar-refractivity contribution in [2.24, 2.45) is 5.41 Å². The molecule has 19 heavy (non-hydrogen) atoms. The molecule has 1 aliphatic heterocycles. The van der Waals surface area contributed by atoms with Crippen molar-refractivity contribution in [2.75, 3.05) is 13.2 Å². The van der Waals surface area contributed by atoms with E-state index < -0.39 is 18.2 Å². The molecule has 4 heteroatoms. The molecule has 1 heterocycles. The first-order chi connectivity index (χ1) is 9.00. The number of hydrogen-bond donors (Lipinski definition) is 1. The van der Waals surface area contributed by atoms with Crippen molar-refractivity contribution in [1.82, 2.24) is 0 Å². The van der Waals surface area contributed by atoms with Gasteiger partial charge in [-0.2, -0.15) is 0 Å². The van der Waals surface area contributed by atoms with Gasteiger partial charge in [0.15, 0.2) is 0 Å². The molecule has 0 amide bonds. The van der Waals surface area contributed by atoms with Gasteiger partial charge in [0.2, 0.25) is 0 Å². The quantitative estimate of drug-likeness (QED) is 0.827. The first-order valence-electron chi connectivity index (χ1n) is 6.52. The maximum absolute atomic E-state index is 12.0. The Kier molecular flexibility index (Phi) is 4.22. The Balaban J connectivity index is 1.98. The highest BCUT2D eigenvalue weighted by Gasteiger charge is 2.38. The van der Waals surface area contributed by atoms with Gasteiger partial charge in [0, 0.05) is 5.41 Å². The summed E-state index contributed by atoms with van der Waals surface area (Å²) in [6, 6.07) is 8.82. The second kappa shape index (κ2) is 5.72. The van der Waals surface area contributed by atoms with Gasteiger partial charge in [0.05, 0.1) is 24.9 Å². The summed E-state index contributed by atoms with van der Waals surface area (Å²) in [4.78, 5) is 12.0. The fourth-order valence-electron chi connectivity index (χ4n) is 2.14. The average molecular weight is 264 g/mol. The second-order valence-corrected chi connectivity index (χ2v) is 5.56. The predicted octanol–water partition coefficient (Wildman–Crippen LogP) is 2.02. The van der Waals surface area contributed by atoms with Gasteiger partial charge in [0.1, 0.15) is 6.10 Å². The van der Waals surface area contributed by atoms with E-state index in [-0.39, 0.29) is 5.41 Å². The molecule has 104 valence electrons. The van der Waals surface area contributed by atoms with Crippen molar-refractivity contribution in [2.45, 2.75) is 32.5 Å². The molecule has 0 saturated carbocycles. The van der Waals surface area contributed by atoms with E-state index in [4.69, 9.17) is 9.47 Å². The number of ether oxygens (including phenoxy) is 2. The van der Waals surface area contributed by atoms with Gasteiger partial charge in [-0.1, -0.05) is 25.1 Å². The molecule has 0 aliphatic carbocycles. The Bertz CT molecular complexity index is 423. The van der Waals surface area contributed by atoms with E-state index >= 15 is 0 Å². The van der Waals surface area contributed by atoms with Gasteiger partial charge in [-0.25, -0.2) is 4.79 Å². The van der Waals surface area contributed by atoms with Gasteiger partial charge in [-0.3, -0.25) is 0 Å². The van der Waals surface area contributed by atoms with Crippen LogP contribution in [0.2, 0.25) is 0 Å². The third kappa shape index (κ3) is 3.55. The molecule has 1 aromatic carbocycles. The minimum atomic E-state index is -0.690. The van der Waals surface area contributed by atoms with Crippen molar-refractivity contribution in [1.29, 1.82) is 0 Å². The Morgan fingerprint density at radius 2 is 2.05 bits per heavy atom. The van der Waals surface area contributed by atoms with Gasteiger partial charge in [0.25, 0.3) is 0 Å². The molecule has 0 unspecified atom stereocenters. The smallest absolute Gasteiger partial charge is 0.338 e. The Hall–Kier alpha value is -1.39. The summed E-state index contributed by atoms with van der Waals surface area (Å²) in [6.45, 7) is 5.02. The van der Waals surface area contributed by atoms with Crippen LogP contribution in [-0.4, -0.2) is 36.5 Å². The van der Waals surface area contributed by atoms with Crippen molar-refractivity contribution >= 4 is 5.97 Å². The number of carbonyl (C=O) groups is 1. The number of carbonyl (C=O) groups excluding carboxylic acids is 1. The van der Waals surface area contributed by atoms with Crippen LogP contribution in [0.25, 0.3) is 0 Å². The zero-order valence-electron chi connectivity index (χ0n) is 11.3. The van der Waals surface area contributed by atoms with Gasteiger partial charge >= 0.3 is 5.97 Å². The van der Waals surface area contributed by atoms with Crippen LogP contribution < -0.4 is 0 Å². The lowest BCUT2D eigenvalue weighted by Crippen LogP contribution is -2.45. The number of benzene rings is 1. The van der Waals surface area contributed by atoms with Gasteiger partial charge < -0.3 is 14.6 Å². The molecule has 1 aliphatic rings. The van der Waals surface area contributed by atoms with E-state index in [9.17, 15) is 9.90 Å². The summed E-state index contributed by atoms with van der Waals surface area (Å²) in [6.07, 6.45) is -0.574. The van der Waals surface area contributed by atoms with Crippen LogP contribution in [0.3, 0.4) is 0 Å². The van der Waals surface area contributed by atoms with Gasteiger partial charge in [-0.05, 0) is 25.5 Å². The molecular formula is C15H20O4. The van der Waals surface area contributed by atoms with E-state index in [0.29, 0.717) is 25.2 Å². The molecule has 1 N–H and O–H groups in total. The van der Waals surface area contributed by atoms with E-state index in [1.54, 1.807) is 31.2 Å². The van der Waals surface area contributed by atoms with Crippen molar-refractivity contribution in [3.05, 3.63) is 35.9 Å². The monoisotopic (exact) mass is 264 g/mol. The molecular weight excluding hydrogens is 244 g/mol. The molecule has 0 spiro atoms. The maximum Gasteiger partial charge on any atom is 0.338 e. The fraction of sp³-hybridized carbons (Fsp3) is 0.533. The van der Waals surface area contributed by atoms with Crippen LogP contribution in [0.4, 0.5) is 0 Å². The Morgan fingerprint density at radius 1 is 1.42 bits per heavy atom. The molecule has 2 rings (SSSR count). The molecule has 0 aromatic heterocycles. The Labute approximate surface area is 113 Å². The lowest BCUT2D eigenvalue weighted by atomic mass is 9.81. The molecule has 0 radical (unpaired) electrons. The highest BCUT2D eigenvalue weighted by atomic mass is 16.6. The average Bonchev–Trinajstić information content (AvgIpc) is 2.36. The number of esters is 1. The molecule has 2 atom stereocenters. The zero-order valence-corrected chi connectivity index (χ0v) is 11.3. The van der Waals surface area contributed by atoms with Crippen LogP contribution in [0.15, 0.2) is 30.3 Å². The molecule has 4 nitrogen and oxygen atoms in total. The van der Waals surface area contributed by atoms with E-state index in [1.165, 1.54) is 0 Å². The number of aliphatic hydroxyl groups is 1. The minimum absolute atomic E-state index is 0.00136. The molecule has 1 fully saturated rings. The summed E-state index contributed by atoms with van der Waals surface area (Å²) in [5.74, 6) is -0.393. The van der Waals surface area contributed by atoms with Crippen molar-refractivity contribution in [3.63, 3.8) is 0 Å². The maximum atomic E-state index is 12.0. The van der Waals surface area contributed by atoms with E-state index in [2.05, 4.69) is 6.92 Å². The third-order valence-corrected chi connectivity index (χ3v) is 3.40. The normalized spacial score (nSPS) is 20.2. The zero-order chi connectivity index (χ0) is 13.9. The van der Waals surface area contributed by atoms with Crippen molar-refractivity contribution in [3.8, 4) is 0 Å². The lowest BCUT2D eigenvalue weighted by Gasteiger charge is -2.40. The first kappa shape index (κ1) is 14.0. The number of rotatable bonds is 5. The highest BCUT2D eigenvalue weighted by Crippen LogP contribution is 2.33. The van der Waals surface area contributed by atoms with Gasteiger partial charge in [-0.15, -0.1) is 0 Å². The first-order valence-corrected chi connectivity index (χ1v) is 6.52. The lowest BCUT2D eigenvalue weighted by molar-refractivity contribution is -0.132. The van der Waals surface area contributed by atoms with Crippen LogP contribution in [0.5, 0.6) is 0 Å². The van der Waals surface area contributed by atoms with Crippen LogP contribution >= 0.6 is 0 Å². The van der Waals surface area contributed by atoms with E-state index in [0.717, 1.165) is 0 Å². The van der Waals surface area contributed by atoms with Crippen LogP contribution in [-0.2, 0) is 9.47 Å². The molecule has 1 aromatic rings. The molecule has 1 saturated heterocycles. The highest BCUT2D eigenvalue weighted by molar-refractivity contribution is 5.89. The summed E-state index contributed by atoms with van der Waals surface area (Å²) in [5, 5.41) is 9.77. The van der Waals surface area contributed by atoms with Crippen LogP contribution in [0.1, 0.15) is 30.6 Å². The van der Waals surface area contributed by atoms with E-state index in [1.807, 2.05) is 6.07 Å². The van der Waals surface area contributed by atoms with Crippen molar-refractivity contribution < 1.29 is 19.4 Å². The van der Waals surface area contributed by atoms with Crippen LogP contribution in [0, 0.1) is 5.41 Å². The SMILES string of the molecule is C[C@@H](O)[C@H](CC1(C)COC1)OC(=O)c1ccccc1. The second-order valence-electron chi connectivity index (χ2n) is 5.56. The summed E-state index contributed by atoms with van der Waals surface area (Å²) < 4.78 is 10.6. The Morgan fingerprint density at radius 3 is 2.53 bits per heavy atom. The molecule has 0 bridgehead atoms. The number of hydrogen-bond acceptors (Lipinski definition) is 4. The predicted molar refractivity (Wildman–Crippen MR) is 70.9 cm³/mol. The largest absolute Gasteiger partial charge is 0.456 e. The summed E-state index contributed by atoms with van der Waals surface area (Å²) >= 11 is 0. The standard InChI is InChI=1S/C15H20O4/c1-11(16)13(8-15(2)9-18-10-15)19-14(17)12-6-4-3-5-7-12/h3-7,11,13,16H,8-10H2,1-2H3/t11-,13+/m1/s1. The summed E-state index contributed by atoms with van der Waals surface area (Å²) in [7, 11) is 0. The minimum Gasteiger partial charge on any atom is -0.456 e. The number of aliphatic hydroxyl groups excluding tert-OH is 1.